The molecule has 9 heteroatoms. The van der Waals surface area contributed by atoms with Crippen LogP contribution in [-0.4, -0.2) is 58.6 Å². The number of aliphatic hydroxyl groups is 1. The lowest BCUT2D eigenvalue weighted by Gasteiger charge is -2.41. The van der Waals surface area contributed by atoms with Gasteiger partial charge in [-0.15, -0.1) is 23.1 Å². The maximum atomic E-state index is 11.8. The average molecular weight is 530 g/mol. The number of nitrogens with two attached hydrogens (primary N) is 1. The lowest BCUT2D eigenvalue weighted by Crippen LogP contribution is -2.42. The van der Waals surface area contributed by atoms with E-state index in [1.807, 2.05) is 30.0 Å². The largest absolute Gasteiger partial charge is 0.497 e. The van der Waals surface area contributed by atoms with Gasteiger partial charge in [0.15, 0.2) is 0 Å². The third-order valence-corrected chi connectivity index (χ3v) is 9.40. The summed E-state index contributed by atoms with van der Waals surface area (Å²) in [5, 5.41) is 24.0. The van der Waals surface area contributed by atoms with E-state index in [1.54, 1.807) is 24.6 Å². The highest BCUT2D eigenvalue weighted by Gasteiger charge is 2.37. The molecule has 7 nitrogen and oxygen atoms in total. The van der Waals surface area contributed by atoms with Gasteiger partial charge in [-0.1, -0.05) is 6.07 Å². The van der Waals surface area contributed by atoms with Gasteiger partial charge < -0.3 is 25.6 Å². The van der Waals surface area contributed by atoms with Gasteiger partial charge in [0, 0.05) is 30.4 Å². The van der Waals surface area contributed by atoms with Gasteiger partial charge in [-0.25, -0.2) is 0 Å². The maximum Gasteiger partial charge on any atom is 0.303 e. The molecule has 0 aliphatic carbocycles. The smallest absolute Gasteiger partial charge is 0.303 e. The number of thioether (sulfide) groups is 1. The topological polar surface area (TPSA) is 109 Å². The Hall–Kier alpha value is -2.17. The molecule has 1 aromatic carbocycles. The summed E-state index contributed by atoms with van der Waals surface area (Å²) in [6.45, 7) is 3.04. The van der Waals surface area contributed by atoms with E-state index in [2.05, 4.69) is 27.4 Å². The van der Waals surface area contributed by atoms with E-state index >= 15 is 0 Å². The molecule has 0 saturated carbocycles. The van der Waals surface area contributed by atoms with Gasteiger partial charge >= 0.3 is 5.97 Å². The molecular weight excluding hydrogens is 494 g/mol. The highest BCUT2D eigenvalue weighted by atomic mass is 32.2. The minimum atomic E-state index is -0.770. The summed E-state index contributed by atoms with van der Waals surface area (Å²) < 4.78 is 6.73. The first-order valence-electron chi connectivity index (χ1n) is 12.4. The number of hydrogen-bond donors (Lipinski definition) is 3. The van der Waals surface area contributed by atoms with E-state index in [9.17, 15) is 15.0 Å². The van der Waals surface area contributed by atoms with E-state index < -0.39 is 12.1 Å². The predicted octanol–water partition coefficient (Wildman–Crippen LogP) is 4.93. The molecule has 1 atom stereocenters. The SMILES string of the molecule is COc1ccc2ncc(CN)c([C@H](O)CCC3(CC(=O)O)CCN(CCSc4cccs4)CC3)c2c1. The Morgan fingerprint density at radius 2 is 2.14 bits per heavy atom. The molecule has 1 aliphatic rings. The van der Waals surface area contributed by atoms with Gasteiger partial charge in [0.2, 0.25) is 0 Å². The van der Waals surface area contributed by atoms with E-state index in [4.69, 9.17) is 10.5 Å². The molecule has 1 aliphatic heterocycles. The molecule has 0 amide bonds. The first-order valence-corrected chi connectivity index (χ1v) is 14.2. The Morgan fingerprint density at radius 1 is 1.33 bits per heavy atom. The van der Waals surface area contributed by atoms with Crippen LogP contribution in [0.3, 0.4) is 0 Å². The van der Waals surface area contributed by atoms with Crippen LogP contribution in [-0.2, 0) is 11.3 Å². The van der Waals surface area contributed by atoms with Crippen molar-refractivity contribution in [1.29, 1.82) is 0 Å². The van der Waals surface area contributed by atoms with Crippen LogP contribution in [0.2, 0.25) is 0 Å². The number of rotatable bonds is 12. The van der Waals surface area contributed by atoms with Gasteiger partial charge in [-0.3, -0.25) is 9.78 Å². The number of thiophene rings is 1. The zero-order chi connectivity index (χ0) is 25.5. The molecular formula is C27H35N3O4S2. The summed E-state index contributed by atoms with van der Waals surface area (Å²) in [6.07, 6.45) is 3.88. The number of carboxylic acids is 1. The van der Waals surface area contributed by atoms with Crippen molar-refractivity contribution >= 4 is 40.0 Å². The molecule has 4 N–H and O–H groups in total. The lowest BCUT2D eigenvalue weighted by molar-refractivity contribution is -0.141. The molecule has 0 bridgehead atoms. The van der Waals surface area contributed by atoms with Crippen LogP contribution in [0.25, 0.3) is 10.9 Å². The van der Waals surface area contributed by atoms with Gasteiger partial charge in [0.1, 0.15) is 5.75 Å². The molecule has 0 spiro atoms. The molecule has 0 radical (unpaired) electrons. The average Bonchev–Trinajstić information content (AvgIpc) is 3.40. The number of benzene rings is 1. The monoisotopic (exact) mass is 529 g/mol. The zero-order valence-corrected chi connectivity index (χ0v) is 22.3. The minimum Gasteiger partial charge on any atom is -0.497 e. The molecule has 3 aromatic rings. The summed E-state index contributed by atoms with van der Waals surface area (Å²) in [4.78, 5) is 18.7. The zero-order valence-electron chi connectivity index (χ0n) is 20.7. The number of aromatic nitrogens is 1. The number of nitrogens with zero attached hydrogens (tertiary/aromatic N) is 2. The van der Waals surface area contributed by atoms with Crippen LogP contribution >= 0.6 is 23.1 Å². The summed E-state index contributed by atoms with van der Waals surface area (Å²) in [5.41, 5.74) is 8.04. The van der Waals surface area contributed by atoms with Crippen molar-refractivity contribution in [2.75, 3.05) is 32.5 Å². The van der Waals surface area contributed by atoms with Crippen LogP contribution < -0.4 is 10.5 Å². The number of pyridine rings is 1. The number of likely N-dealkylation sites (tertiary alicyclic amines) is 1. The standard InChI is InChI=1S/C27H35N3O4S2/c1-34-20-4-5-22-21(15-20)26(19(17-28)18-29-22)23(31)6-7-27(16-24(32)33)8-10-30(11-9-27)12-14-36-25-3-2-13-35-25/h2-5,13,15,18,23,31H,6-12,14,16-17,28H2,1H3,(H,32,33)/t23-/m1/s1. The van der Waals surface area contributed by atoms with Crippen LogP contribution in [0, 0.1) is 5.41 Å². The molecule has 2 aromatic heterocycles. The summed E-state index contributed by atoms with van der Waals surface area (Å²) >= 11 is 3.64. The number of carboxylic acid groups (broad SMARTS) is 1. The Kier molecular flexibility index (Phi) is 9.25. The van der Waals surface area contributed by atoms with Crippen LogP contribution in [0.1, 0.15) is 49.3 Å². The molecule has 3 heterocycles. The normalized spacial score (nSPS) is 16.8. The van der Waals surface area contributed by atoms with Crippen molar-refractivity contribution in [3.8, 4) is 5.75 Å². The first kappa shape index (κ1) is 26.9. The van der Waals surface area contributed by atoms with E-state index in [1.165, 1.54) is 4.21 Å². The molecule has 0 unspecified atom stereocenters. The second-order valence-electron chi connectivity index (χ2n) is 9.53. The Balaban J connectivity index is 1.43. The summed E-state index contributed by atoms with van der Waals surface area (Å²) in [6, 6.07) is 9.84. The second-order valence-corrected chi connectivity index (χ2v) is 11.9. The Morgan fingerprint density at radius 3 is 2.81 bits per heavy atom. The van der Waals surface area contributed by atoms with E-state index in [0.717, 1.165) is 60.3 Å². The van der Waals surface area contributed by atoms with Gasteiger partial charge in [0.25, 0.3) is 0 Å². The second kappa shape index (κ2) is 12.4. The van der Waals surface area contributed by atoms with Crippen LogP contribution in [0.15, 0.2) is 46.1 Å². The third-order valence-electron chi connectivity index (χ3n) is 7.29. The molecule has 194 valence electrons. The minimum absolute atomic E-state index is 0.131. The number of piperidine rings is 1. The van der Waals surface area contributed by atoms with Gasteiger partial charge in [-0.05, 0) is 85.0 Å². The lowest BCUT2D eigenvalue weighted by atomic mass is 9.71. The van der Waals surface area contributed by atoms with Crippen molar-refractivity contribution in [3.63, 3.8) is 0 Å². The fraction of sp³-hybridized carbons (Fsp3) is 0.481. The van der Waals surface area contributed by atoms with Crippen LogP contribution in [0.4, 0.5) is 0 Å². The van der Waals surface area contributed by atoms with Gasteiger partial charge in [0.05, 0.1) is 29.4 Å². The number of aliphatic carboxylic acids is 1. The van der Waals surface area contributed by atoms with Crippen molar-refractivity contribution in [2.45, 2.75) is 49.0 Å². The Labute approximate surface area is 220 Å². The fourth-order valence-corrected chi connectivity index (χ4v) is 7.07. The van der Waals surface area contributed by atoms with Gasteiger partial charge in [-0.2, -0.15) is 0 Å². The fourth-order valence-electron chi connectivity index (χ4n) is 5.21. The molecule has 4 rings (SSSR count). The molecule has 36 heavy (non-hydrogen) atoms. The summed E-state index contributed by atoms with van der Waals surface area (Å²) in [7, 11) is 1.61. The highest BCUT2D eigenvalue weighted by Crippen LogP contribution is 2.42. The summed E-state index contributed by atoms with van der Waals surface area (Å²) in [5.74, 6) is 0.956. The first-order chi connectivity index (χ1) is 17.4. The van der Waals surface area contributed by atoms with Crippen molar-refractivity contribution in [1.82, 2.24) is 9.88 Å². The van der Waals surface area contributed by atoms with E-state index in [0.29, 0.717) is 18.6 Å². The number of ether oxygens (including phenoxy) is 1. The number of fused-ring (bicyclic) bond motifs is 1. The highest BCUT2D eigenvalue weighted by molar-refractivity contribution is 8.01. The number of carbonyl (C=O) groups is 1. The maximum absolute atomic E-state index is 11.8. The predicted molar refractivity (Wildman–Crippen MR) is 146 cm³/mol. The van der Waals surface area contributed by atoms with Crippen molar-refractivity contribution in [3.05, 3.63) is 53.0 Å². The number of methoxy groups -OCH3 is 1. The molecule has 1 fully saturated rings. The molecule has 1 saturated heterocycles. The Bertz CT molecular complexity index is 1140. The number of hydrogen-bond acceptors (Lipinski definition) is 8. The van der Waals surface area contributed by atoms with Crippen molar-refractivity contribution < 1.29 is 19.7 Å². The number of aliphatic hydroxyl groups excluding tert-OH is 1. The quantitative estimate of drug-likeness (QED) is 0.284. The third kappa shape index (κ3) is 6.58. The van der Waals surface area contributed by atoms with Crippen molar-refractivity contribution in [2.24, 2.45) is 11.1 Å². The van der Waals surface area contributed by atoms with E-state index in [-0.39, 0.29) is 18.4 Å². The van der Waals surface area contributed by atoms with Crippen LogP contribution in [0.5, 0.6) is 5.75 Å².